The Labute approximate surface area is 193 Å². The maximum atomic E-state index is 13.4. The van der Waals surface area contributed by atoms with Crippen molar-refractivity contribution in [1.29, 1.82) is 0 Å². The summed E-state index contributed by atoms with van der Waals surface area (Å²) in [7, 11) is 1.52. The Bertz CT molecular complexity index is 1410. The highest BCUT2D eigenvalue weighted by Crippen LogP contribution is 2.31. The zero-order valence-corrected chi connectivity index (χ0v) is 19.1. The maximum Gasteiger partial charge on any atom is 0.359 e. The number of hydrogen-bond acceptors (Lipinski definition) is 7. The first-order valence-corrected chi connectivity index (χ1v) is 11.0. The van der Waals surface area contributed by atoms with Crippen molar-refractivity contribution >= 4 is 39.0 Å². The van der Waals surface area contributed by atoms with Crippen molar-refractivity contribution in [2.24, 2.45) is 0 Å². The third-order valence-electron chi connectivity index (χ3n) is 4.96. The van der Waals surface area contributed by atoms with Gasteiger partial charge in [-0.05, 0) is 44.2 Å². The number of methoxy groups -OCH3 is 1. The minimum Gasteiger partial charge on any atom is -0.497 e. The van der Waals surface area contributed by atoms with Crippen LogP contribution in [0.1, 0.15) is 33.3 Å². The normalized spacial score (nSPS) is 10.8. The van der Waals surface area contributed by atoms with Crippen LogP contribution in [0.15, 0.2) is 58.7 Å². The largest absolute Gasteiger partial charge is 0.497 e. The Hall–Kier alpha value is -3.98. The van der Waals surface area contributed by atoms with Gasteiger partial charge in [0.05, 0.1) is 24.8 Å². The molecule has 0 aliphatic heterocycles. The smallest absolute Gasteiger partial charge is 0.359 e. The van der Waals surface area contributed by atoms with E-state index in [0.717, 1.165) is 21.6 Å². The third kappa shape index (κ3) is 4.35. The number of nitrogens with zero attached hydrogens (tertiary/aromatic N) is 2. The van der Waals surface area contributed by atoms with Crippen LogP contribution in [0.2, 0.25) is 0 Å². The number of anilines is 1. The number of aryl methyl sites for hydroxylation is 1. The highest BCUT2D eigenvalue weighted by atomic mass is 32.1. The van der Waals surface area contributed by atoms with Crippen molar-refractivity contribution in [3.05, 3.63) is 81.1 Å². The number of thiophene rings is 1. The average molecular weight is 464 g/mol. The van der Waals surface area contributed by atoms with Gasteiger partial charge in [-0.15, -0.1) is 11.3 Å². The number of esters is 1. The zero-order valence-electron chi connectivity index (χ0n) is 18.2. The molecule has 0 fully saturated rings. The van der Waals surface area contributed by atoms with Crippen LogP contribution >= 0.6 is 11.3 Å². The molecular weight excluding hydrogens is 442 g/mol. The Morgan fingerprint density at radius 1 is 1.15 bits per heavy atom. The molecule has 0 spiro atoms. The van der Waals surface area contributed by atoms with Gasteiger partial charge in [-0.25, -0.2) is 4.79 Å². The molecule has 1 N–H and O–H groups in total. The van der Waals surface area contributed by atoms with Gasteiger partial charge in [0.25, 0.3) is 11.5 Å². The van der Waals surface area contributed by atoms with Crippen molar-refractivity contribution < 1.29 is 19.1 Å². The lowest BCUT2D eigenvalue weighted by molar-refractivity contribution is 0.0520. The minimum absolute atomic E-state index is 0.00477. The molecule has 0 saturated heterocycles. The molecule has 2 aromatic carbocycles. The standard InChI is InChI=1S/C24H21N3O5S/c1-4-32-24(30)20-18-13-33-22(25-21(28)15-6-5-7-17(12-15)31-3)19(18)23(29)27(26-20)16-10-8-14(2)9-11-16/h5-13H,4H2,1-3H3,(H,25,28). The quantitative estimate of drug-likeness (QED) is 0.431. The second-order valence-electron chi connectivity index (χ2n) is 7.16. The monoisotopic (exact) mass is 463 g/mol. The van der Waals surface area contributed by atoms with Crippen molar-refractivity contribution in [1.82, 2.24) is 9.78 Å². The Kier molecular flexibility index (Phi) is 6.23. The molecule has 1 amide bonds. The van der Waals surface area contributed by atoms with Gasteiger partial charge in [0.1, 0.15) is 10.8 Å². The summed E-state index contributed by atoms with van der Waals surface area (Å²) in [6, 6.07) is 13.8. The van der Waals surface area contributed by atoms with Crippen LogP contribution in [0.25, 0.3) is 16.5 Å². The van der Waals surface area contributed by atoms with Crippen LogP contribution in [0, 0.1) is 6.92 Å². The first kappa shape index (κ1) is 22.2. The summed E-state index contributed by atoms with van der Waals surface area (Å²) in [5, 5.41) is 9.54. The molecule has 33 heavy (non-hydrogen) atoms. The van der Waals surface area contributed by atoms with Crippen molar-refractivity contribution in [2.75, 3.05) is 19.0 Å². The van der Waals surface area contributed by atoms with E-state index < -0.39 is 17.4 Å². The van der Waals surface area contributed by atoms with Crippen LogP contribution in [0.3, 0.4) is 0 Å². The fourth-order valence-electron chi connectivity index (χ4n) is 3.29. The number of aromatic nitrogens is 2. The predicted molar refractivity (Wildman–Crippen MR) is 127 cm³/mol. The summed E-state index contributed by atoms with van der Waals surface area (Å²) in [5.41, 5.74) is 1.43. The van der Waals surface area contributed by atoms with E-state index in [1.807, 2.05) is 19.1 Å². The van der Waals surface area contributed by atoms with Gasteiger partial charge < -0.3 is 14.8 Å². The van der Waals surface area contributed by atoms with E-state index in [2.05, 4.69) is 10.4 Å². The van der Waals surface area contributed by atoms with Crippen molar-refractivity contribution in [3.63, 3.8) is 0 Å². The minimum atomic E-state index is -0.646. The lowest BCUT2D eigenvalue weighted by Gasteiger charge is -2.10. The summed E-state index contributed by atoms with van der Waals surface area (Å²) < 4.78 is 11.5. The van der Waals surface area contributed by atoms with Crippen molar-refractivity contribution in [2.45, 2.75) is 13.8 Å². The van der Waals surface area contributed by atoms with Crippen LogP contribution < -0.4 is 15.6 Å². The molecule has 2 aromatic heterocycles. The van der Waals surface area contributed by atoms with Crippen LogP contribution in [-0.2, 0) is 4.74 Å². The number of fused-ring (bicyclic) bond motifs is 1. The fourth-order valence-corrected chi connectivity index (χ4v) is 4.22. The highest BCUT2D eigenvalue weighted by Gasteiger charge is 2.23. The molecule has 168 valence electrons. The number of hydrogen-bond donors (Lipinski definition) is 1. The first-order valence-electron chi connectivity index (χ1n) is 10.2. The highest BCUT2D eigenvalue weighted by molar-refractivity contribution is 7.16. The second-order valence-corrected chi connectivity index (χ2v) is 8.04. The number of rotatable bonds is 6. The van der Waals surface area contributed by atoms with Crippen LogP contribution in [0.4, 0.5) is 5.00 Å². The van der Waals surface area contributed by atoms with Crippen molar-refractivity contribution in [3.8, 4) is 11.4 Å². The van der Waals surface area contributed by atoms with Gasteiger partial charge in [0.2, 0.25) is 0 Å². The molecule has 0 radical (unpaired) electrons. The summed E-state index contributed by atoms with van der Waals surface area (Å²) in [5.74, 6) is -0.519. The Morgan fingerprint density at radius 3 is 2.61 bits per heavy atom. The van der Waals surface area contributed by atoms with Gasteiger partial charge in [0, 0.05) is 16.3 Å². The number of nitrogens with one attached hydrogen (secondary N) is 1. The summed E-state index contributed by atoms with van der Waals surface area (Å²) in [6.07, 6.45) is 0. The number of amides is 1. The van der Waals surface area contributed by atoms with Gasteiger partial charge in [-0.2, -0.15) is 9.78 Å². The molecule has 0 bridgehead atoms. The zero-order chi connectivity index (χ0) is 23.5. The third-order valence-corrected chi connectivity index (χ3v) is 5.85. The summed E-state index contributed by atoms with van der Waals surface area (Å²) in [6.45, 7) is 3.78. The molecule has 2 heterocycles. The molecule has 4 rings (SSSR count). The molecule has 0 unspecified atom stereocenters. The van der Waals surface area contributed by atoms with E-state index in [1.54, 1.807) is 48.7 Å². The van der Waals surface area contributed by atoms with Crippen LogP contribution in [-0.4, -0.2) is 35.4 Å². The van der Waals surface area contributed by atoms with Gasteiger partial charge in [-0.3, -0.25) is 9.59 Å². The molecule has 0 aliphatic carbocycles. The van der Waals surface area contributed by atoms with E-state index in [-0.39, 0.29) is 17.7 Å². The average Bonchev–Trinajstić information content (AvgIpc) is 3.24. The van der Waals surface area contributed by atoms with E-state index >= 15 is 0 Å². The molecule has 4 aromatic rings. The number of ether oxygens (including phenoxy) is 2. The molecule has 0 saturated carbocycles. The van der Waals surface area contributed by atoms with Gasteiger partial charge in [-0.1, -0.05) is 23.8 Å². The Morgan fingerprint density at radius 2 is 1.91 bits per heavy atom. The summed E-state index contributed by atoms with van der Waals surface area (Å²) in [4.78, 5) is 38.9. The van der Waals surface area contributed by atoms with E-state index in [9.17, 15) is 14.4 Å². The SMILES string of the molecule is CCOC(=O)c1nn(-c2ccc(C)cc2)c(=O)c2c(NC(=O)c3cccc(OC)c3)scc12. The van der Waals surface area contributed by atoms with E-state index in [0.29, 0.717) is 27.4 Å². The second kappa shape index (κ2) is 9.25. The first-order chi connectivity index (χ1) is 15.9. The summed E-state index contributed by atoms with van der Waals surface area (Å²) >= 11 is 1.14. The predicted octanol–water partition coefficient (Wildman–Crippen LogP) is 4.19. The van der Waals surface area contributed by atoms with Gasteiger partial charge >= 0.3 is 5.97 Å². The Balaban J connectivity index is 1.86. The lowest BCUT2D eigenvalue weighted by atomic mass is 10.2. The van der Waals surface area contributed by atoms with Gasteiger partial charge in [0.15, 0.2) is 5.69 Å². The number of carbonyl (C=O) groups is 2. The molecular formula is C24H21N3O5S. The fraction of sp³-hybridized carbons (Fsp3) is 0.167. The molecule has 0 aliphatic rings. The number of benzene rings is 2. The lowest BCUT2D eigenvalue weighted by Crippen LogP contribution is -2.25. The van der Waals surface area contributed by atoms with E-state index in [4.69, 9.17) is 9.47 Å². The molecule has 0 atom stereocenters. The molecule has 8 nitrogen and oxygen atoms in total. The molecule has 9 heteroatoms. The van der Waals surface area contributed by atoms with Crippen LogP contribution in [0.5, 0.6) is 5.75 Å². The van der Waals surface area contributed by atoms with E-state index in [1.165, 1.54) is 7.11 Å². The topological polar surface area (TPSA) is 99.5 Å². The maximum absolute atomic E-state index is 13.4. The number of carbonyl (C=O) groups excluding carboxylic acids is 2.